The molecule has 18 rings (SSSR count). The number of nitrogens with zero attached hydrogens (tertiary/aromatic N) is 9. The molecule has 0 radical (unpaired) electrons. The Morgan fingerprint density at radius 2 is 0.700 bits per heavy atom. The van der Waals surface area contributed by atoms with E-state index in [1.165, 1.54) is 20.3 Å². The van der Waals surface area contributed by atoms with Crippen LogP contribution in [-0.2, 0) is 15.3 Å². The van der Waals surface area contributed by atoms with Crippen molar-refractivity contribution in [1.82, 2.24) is 0 Å². The number of hydrogen-bond donors (Lipinski definition) is 5. The predicted octanol–water partition coefficient (Wildman–Crippen LogP) is 37.3. The van der Waals surface area contributed by atoms with Gasteiger partial charge >= 0.3 is 24.1 Å². The van der Waals surface area contributed by atoms with E-state index in [1.54, 1.807) is 251 Å². The number of nitrogen functional groups attached to an aromatic ring is 1. The minimum atomic E-state index is -1.64. The van der Waals surface area contributed by atoms with Crippen LogP contribution >= 0.6 is 196 Å². The molecule has 3 heterocycles. The molecule has 0 bridgehead atoms. The summed E-state index contributed by atoms with van der Waals surface area (Å²) in [6.07, 6.45) is 0. The first-order chi connectivity index (χ1) is 71.0. The van der Waals surface area contributed by atoms with Crippen molar-refractivity contribution < 1.29 is 34.2 Å². The van der Waals surface area contributed by atoms with Crippen molar-refractivity contribution >= 4 is 310 Å². The normalized spacial score (nSPS) is 14.6. The lowest BCUT2D eigenvalue weighted by Gasteiger charge is -2.42. The SMILES string of the molecule is CC(C)(Br)C(=O)O.CC1(C)C(=O)N(c2ccc(Cl)cc2)C(=O)N1c1ccc(Cl)cc1.Cc1cccc(Br)c1.Cc1cccc(C2(O)N(c3ccc(Cl)cc3)C(=O)N(c3ccc(Cl)cc3)C2(C)C)c1.Cc1cccc(C2N(c3ccc(Cl)cc3)C(=O)N(c3ccc(Cl)cc3)C2(C)C)c1.Clc1ccc(N=C=Nc2ccc(Cl)cc2)cc1.Nc1ccc(Cl)cc1.S=C(Nc1ccc(Cl)cc1)Nc1ccc(Cl)cc1.S=C=Nc1ccc(Cl)cc1. The van der Waals surface area contributed by atoms with Crippen LogP contribution in [-0.4, -0.2) is 77.4 Å². The average Bonchev–Trinajstić information content (AvgIpc) is 1.53. The summed E-state index contributed by atoms with van der Waals surface area (Å²) in [6.45, 7) is 20.6. The quantitative estimate of drug-likeness (QED) is 0.0225. The Kier molecular flexibility index (Phi) is 44.5. The van der Waals surface area contributed by atoms with E-state index in [2.05, 4.69) is 139 Å². The van der Waals surface area contributed by atoms with Gasteiger partial charge in [-0.15, -0.1) is 0 Å². The number of thiocarbonyl (C=S) groups is 2. The number of alkyl halides is 1. The Labute approximate surface area is 961 Å². The molecule has 15 aromatic rings. The van der Waals surface area contributed by atoms with E-state index in [1.807, 2.05) is 146 Å². The number of imide groups is 1. The molecule has 0 saturated carbocycles. The molecule has 0 aliphatic carbocycles. The third-order valence-corrected chi connectivity index (χ3v) is 26.7. The fraction of sp³-hybridized carbons (Fsp3) is 0.148. The van der Waals surface area contributed by atoms with Crippen molar-refractivity contribution in [2.45, 2.75) is 109 Å². The van der Waals surface area contributed by atoms with Crippen LogP contribution in [0.2, 0.25) is 60.3 Å². The van der Waals surface area contributed by atoms with Gasteiger partial charge in [0.15, 0.2) is 10.8 Å². The summed E-state index contributed by atoms with van der Waals surface area (Å²) in [5, 5.41) is 37.0. The van der Waals surface area contributed by atoms with Gasteiger partial charge in [0.1, 0.15) is 15.9 Å². The summed E-state index contributed by atoms with van der Waals surface area (Å²) in [4.78, 5) is 84.4. The number of carbonyl (C=O) groups excluding carboxylic acids is 4. The molecule has 0 spiro atoms. The molecule has 3 aliphatic heterocycles. The lowest BCUT2D eigenvalue weighted by molar-refractivity contribution is -0.138. The van der Waals surface area contributed by atoms with Crippen LogP contribution in [0.25, 0.3) is 0 Å². The van der Waals surface area contributed by atoms with Crippen LogP contribution < -0.4 is 45.8 Å². The number of isothiocyanates is 1. The molecule has 772 valence electrons. The van der Waals surface area contributed by atoms with Gasteiger partial charge in [0.25, 0.3) is 5.91 Å². The van der Waals surface area contributed by atoms with Crippen molar-refractivity contribution in [3.63, 3.8) is 0 Å². The van der Waals surface area contributed by atoms with Crippen LogP contribution in [0, 0.1) is 20.8 Å². The maximum atomic E-state index is 13.8. The topological polar surface area (TPSA) is 232 Å². The van der Waals surface area contributed by atoms with Crippen molar-refractivity contribution in [2.24, 2.45) is 15.0 Å². The fourth-order valence-electron chi connectivity index (χ4n) is 15.2. The third kappa shape index (κ3) is 33.7. The number of aliphatic imine (C=N–C) groups is 3. The van der Waals surface area contributed by atoms with Crippen LogP contribution in [0.1, 0.15) is 89.2 Å². The van der Waals surface area contributed by atoms with Gasteiger partial charge in [-0.2, -0.15) is 15.0 Å². The summed E-state index contributed by atoms with van der Waals surface area (Å²) in [5.74, 6) is -1.13. The standard InChI is InChI=1S/C24H22Cl2N2O2.C24H22Cl2N2O.C17H14Cl2N2O2.C13H10Cl2N2S.C13H8Cl2N2.C7H7Br.C7H4ClNS.C6H6ClN.C4H7BrO2/c1-16-5-4-6-17(15-16)24(30)23(2,3)27(20-11-7-18(25)8-12-20)22(29)28(24)21-13-9-19(26)10-14-21;1-16-5-4-6-17(15-16)22-24(2,3)28(21-13-9-19(26)10-14-21)23(29)27(22)20-11-7-18(25)8-12-20;1-17(2)15(22)20(13-7-3-11(18)4-8-13)16(23)21(17)14-9-5-12(19)6-10-14;14-9-1-5-11(6-2-9)16-13(18)17-12-7-3-10(15)4-8-12;14-10-1-5-12(6-2-10)16-9-17-13-7-3-11(15)4-8-13;1-6-3-2-4-7(8)5-6;8-6-1-3-7(4-2-6)9-5-10;7-5-1-3-6(8)4-2-5;1-4(2,5)3(6)7/h4-15,30H,1-3H3;4-15,22H,1-3H3;3-10H,1-2H3;1-8H,(H2,16,17,18);1-8H;2-5H,1H3;1-4H;1-4H,8H2;1-2H3,(H,6,7). The number of aliphatic hydroxyl groups is 1. The third-order valence-electron chi connectivity index (χ3n) is 22.6. The number of rotatable bonds is 14. The molecule has 150 heavy (non-hydrogen) atoms. The molecule has 6 N–H and O–H groups in total. The first kappa shape index (κ1) is 120. The number of nitrogens with two attached hydrogens (primary N) is 1. The molecule has 35 heteroatoms. The summed E-state index contributed by atoms with van der Waals surface area (Å²) >= 11 is 86.3. The number of hydrogen-bond acceptors (Lipinski definition) is 12. The number of aryl methyl sites for hydroxylation is 3. The smallest absolute Gasteiger partial charge is 0.336 e. The largest absolute Gasteiger partial charge is 0.480 e. The second-order valence-electron chi connectivity index (χ2n) is 35.4. The Bertz CT molecular complexity index is 7120. The van der Waals surface area contributed by atoms with E-state index in [4.69, 9.17) is 162 Å². The first-order valence-corrected chi connectivity index (χ1v) is 52.5. The van der Waals surface area contributed by atoms with E-state index < -0.39 is 38.7 Å². The lowest BCUT2D eigenvalue weighted by Crippen LogP contribution is -2.56. The zero-order valence-electron chi connectivity index (χ0n) is 82.4. The number of anilines is 9. The van der Waals surface area contributed by atoms with Gasteiger partial charge in [0.05, 0.1) is 45.0 Å². The van der Waals surface area contributed by atoms with Crippen molar-refractivity contribution in [3.8, 4) is 0 Å². The number of amides is 7. The average molecular weight is 2410 g/mol. The van der Waals surface area contributed by atoms with E-state index in [0.29, 0.717) is 88.7 Å². The summed E-state index contributed by atoms with van der Waals surface area (Å²) in [6, 6.07) is 111. The second kappa shape index (κ2) is 55.6. The Morgan fingerprint density at radius 1 is 0.393 bits per heavy atom. The molecule has 15 aromatic carbocycles. The Balaban J connectivity index is 0.000000179. The van der Waals surface area contributed by atoms with Crippen molar-refractivity contribution in [3.05, 3.63) is 457 Å². The van der Waals surface area contributed by atoms with Crippen LogP contribution in [0.15, 0.2) is 383 Å². The van der Waals surface area contributed by atoms with Gasteiger partial charge in [-0.05, 0) is 409 Å². The molecule has 3 fully saturated rings. The summed E-state index contributed by atoms with van der Waals surface area (Å²) < 4.78 is 0.380. The van der Waals surface area contributed by atoms with E-state index in [-0.39, 0.29) is 24.0 Å². The number of carboxylic acids is 1. The maximum Gasteiger partial charge on any atom is 0.336 e. The summed E-state index contributed by atoms with van der Waals surface area (Å²) in [7, 11) is 0. The Hall–Kier alpha value is -11.7. The highest BCUT2D eigenvalue weighted by Gasteiger charge is 2.64. The first-order valence-electron chi connectivity index (χ1n) is 45.6. The van der Waals surface area contributed by atoms with Gasteiger partial charge in [0, 0.05) is 116 Å². The second-order valence-corrected chi connectivity index (χ2v) is 44.1. The van der Waals surface area contributed by atoms with Crippen LogP contribution in [0.4, 0.5) is 82.6 Å². The minimum absolute atomic E-state index is 0.0776. The molecule has 3 aliphatic rings. The monoisotopic (exact) mass is 2400 g/mol. The lowest BCUT2D eigenvalue weighted by atomic mass is 9.83. The van der Waals surface area contributed by atoms with Gasteiger partial charge < -0.3 is 26.6 Å². The number of halogens is 14. The van der Waals surface area contributed by atoms with E-state index in [9.17, 15) is 29.1 Å². The highest BCUT2D eigenvalue weighted by molar-refractivity contribution is 9.10. The zero-order chi connectivity index (χ0) is 110. The molecule has 0 aromatic heterocycles. The number of nitrogens with one attached hydrogen (secondary N) is 2. The predicted molar refractivity (Wildman–Crippen MR) is 642 cm³/mol. The molecule has 19 nitrogen and oxygen atoms in total. The van der Waals surface area contributed by atoms with Gasteiger partial charge in [-0.25, -0.2) is 19.3 Å². The van der Waals surface area contributed by atoms with Crippen molar-refractivity contribution in [2.75, 3.05) is 45.8 Å². The van der Waals surface area contributed by atoms with Gasteiger partial charge in [-0.3, -0.25) is 34.1 Å². The molecule has 2 atom stereocenters. The zero-order valence-corrected chi connectivity index (χ0v) is 96.2. The van der Waals surface area contributed by atoms with Crippen LogP contribution in [0.5, 0.6) is 0 Å². The molecule has 2 unspecified atom stereocenters. The van der Waals surface area contributed by atoms with Gasteiger partial charge in [0.2, 0.25) is 0 Å². The highest BCUT2D eigenvalue weighted by atomic mass is 79.9. The number of carbonyl (C=O) groups is 5. The molecule has 3 saturated heterocycles. The van der Waals surface area contributed by atoms with Gasteiger partial charge in [-0.1, -0.05) is 248 Å². The minimum Gasteiger partial charge on any atom is -0.480 e. The fourth-order valence-corrected chi connectivity index (χ4v) is 17.5. The Morgan fingerprint density at radius 3 is 1.04 bits per heavy atom. The van der Waals surface area contributed by atoms with E-state index in [0.717, 1.165) is 71.7 Å². The maximum absolute atomic E-state index is 13.8. The van der Waals surface area contributed by atoms with Crippen LogP contribution in [0.3, 0.4) is 0 Å². The number of carboxylic acid groups (broad SMARTS) is 1. The number of urea groups is 3. The van der Waals surface area contributed by atoms with E-state index >= 15 is 0 Å². The number of aliphatic carboxylic acids is 1. The molecule has 7 amide bonds. The molecular formula is C115H100Br2Cl12N12O7S2. The molecular weight excluding hydrogens is 2310 g/mol. The van der Waals surface area contributed by atoms with Crippen molar-refractivity contribution in [1.29, 1.82) is 0 Å². The number of benzene rings is 15. The highest BCUT2D eigenvalue weighted by Crippen LogP contribution is 2.53. The summed E-state index contributed by atoms with van der Waals surface area (Å²) in [5.41, 5.74) is 15.1.